The van der Waals surface area contributed by atoms with E-state index >= 15 is 0 Å². The first-order chi connectivity index (χ1) is 9.22. The van der Waals surface area contributed by atoms with Crippen LogP contribution in [0.25, 0.3) is 0 Å². The van der Waals surface area contributed by atoms with Gasteiger partial charge in [0.25, 0.3) is 0 Å². The SMILES string of the molecule is COc1ccc(Oc2ccc(OC)c(=O)cc2)cc1. The molecule has 0 unspecified atom stereocenters. The van der Waals surface area contributed by atoms with E-state index in [2.05, 4.69) is 0 Å². The van der Waals surface area contributed by atoms with E-state index < -0.39 is 0 Å². The van der Waals surface area contributed by atoms with Crippen molar-refractivity contribution < 1.29 is 14.2 Å². The summed E-state index contributed by atoms with van der Waals surface area (Å²) in [6, 6.07) is 13.5. The second kappa shape index (κ2) is 5.91. The van der Waals surface area contributed by atoms with Gasteiger partial charge in [0.2, 0.25) is 5.43 Å². The molecule has 0 saturated carbocycles. The molecule has 0 atom stereocenters. The fourth-order valence-electron chi connectivity index (χ4n) is 1.55. The van der Waals surface area contributed by atoms with Crippen molar-refractivity contribution in [3.63, 3.8) is 0 Å². The van der Waals surface area contributed by atoms with E-state index in [1.54, 1.807) is 49.6 Å². The van der Waals surface area contributed by atoms with E-state index in [0.29, 0.717) is 11.5 Å². The Morgan fingerprint density at radius 1 is 0.684 bits per heavy atom. The second-order valence-corrected chi connectivity index (χ2v) is 3.78. The number of hydrogen-bond acceptors (Lipinski definition) is 4. The normalized spacial score (nSPS) is 9.79. The predicted octanol–water partition coefficient (Wildman–Crippen LogP) is 2.86. The summed E-state index contributed by atoms with van der Waals surface area (Å²) in [7, 11) is 3.07. The monoisotopic (exact) mass is 258 g/mol. The molecule has 19 heavy (non-hydrogen) atoms. The number of benzene rings is 1. The smallest absolute Gasteiger partial charge is 0.220 e. The molecule has 0 aliphatic carbocycles. The van der Waals surface area contributed by atoms with Gasteiger partial charge in [0.15, 0.2) is 5.75 Å². The Labute approximate surface area is 111 Å². The maximum atomic E-state index is 11.5. The van der Waals surface area contributed by atoms with Crippen molar-refractivity contribution in [2.75, 3.05) is 14.2 Å². The van der Waals surface area contributed by atoms with Crippen molar-refractivity contribution in [1.82, 2.24) is 0 Å². The van der Waals surface area contributed by atoms with Crippen LogP contribution in [0.4, 0.5) is 0 Å². The molecule has 4 nitrogen and oxygen atoms in total. The van der Waals surface area contributed by atoms with Crippen LogP contribution < -0.4 is 19.6 Å². The van der Waals surface area contributed by atoms with Gasteiger partial charge in [-0.3, -0.25) is 4.79 Å². The van der Waals surface area contributed by atoms with Crippen LogP contribution >= 0.6 is 0 Å². The highest BCUT2D eigenvalue weighted by Crippen LogP contribution is 2.23. The molecule has 0 aromatic heterocycles. The van der Waals surface area contributed by atoms with Gasteiger partial charge in [0, 0.05) is 0 Å². The molecule has 0 fully saturated rings. The number of rotatable bonds is 4. The second-order valence-electron chi connectivity index (χ2n) is 3.78. The van der Waals surface area contributed by atoms with E-state index in [1.807, 2.05) is 0 Å². The number of methoxy groups -OCH3 is 2. The van der Waals surface area contributed by atoms with Crippen molar-refractivity contribution in [3.8, 4) is 23.0 Å². The minimum atomic E-state index is -0.188. The highest BCUT2D eigenvalue weighted by atomic mass is 16.5. The zero-order chi connectivity index (χ0) is 13.7. The fourth-order valence-corrected chi connectivity index (χ4v) is 1.55. The Bertz CT molecular complexity index is 605. The minimum absolute atomic E-state index is 0.188. The molecule has 0 heterocycles. The summed E-state index contributed by atoms with van der Waals surface area (Å²) in [6.45, 7) is 0. The first-order valence-corrected chi connectivity index (χ1v) is 5.73. The third-order valence-corrected chi connectivity index (χ3v) is 2.56. The van der Waals surface area contributed by atoms with Crippen molar-refractivity contribution in [2.45, 2.75) is 0 Å². The lowest BCUT2D eigenvalue weighted by atomic mass is 10.3. The molecule has 0 bridgehead atoms. The lowest BCUT2D eigenvalue weighted by Gasteiger charge is -2.04. The quantitative estimate of drug-likeness (QED) is 0.845. The maximum Gasteiger partial charge on any atom is 0.220 e. The van der Waals surface area contributed by atoms with Gasteiger partial charge in [-0.2, -0.15) is 0 Å². The average molecular weight is 258 g/mol. The summed E-state index contributed by atoms with van der Waals surface area (Å²) in [5, 5.41) is 0. The number of hydrogen-bond donors (Lipinski definition) is 0. The predicted molar refractivity (Wildman–Crippen MR) is 72.3 cm³/mol. The summed E-state index contributed by atoms with van der Waals surface area (Å²) < 4.78 is 15.7. The van der Waals surface area contributed by atoms with E-state index in [0.717, 1.165) is 5.75 Å². The largest absolute Gasteiger partial charge is 0.497 e. The summed E-state index contributed by atoms with van der Waals surface area (Å²) in [5.74, 6) is 2.27. The molecule has 0 aliphatic heterocycles. The van der Waals surface area contributed by atoms with Crippen LogP contribution in [0.1, 0.15) is 0 Å². The molecule has 98 valence electrons. The van der Waals surface area contributed by atoms with E-state index in [9.17, 15) is 4.79 Å². The lowest BCUT2D eigenvalue weighted by molar-refractivity contribution is 0.411. The molecule has 2 aromatic rings. The fraction of sp³-hybridized carbons (Fsp3) is 0.133. The van der Waals surface area contributed by atoms with Gasteiger partial charge in [0.05, 0.1) is 14.2 Å². The minimum Gasteiger partial charge on any atom is -0.497 e. The van der Waals surface area contributed by atoms with Gasteiger partial charge < -0.3 is 14.2 Å². The molecular weight excluding hydrogens is 244 g/mol. The van der Waals surface area contributed by atoms with Crippen LogP contribution in [-0.4, -0.2) is 14.2 Å². The van der Waals surface area contributed by atoms with Crippen LogP contribution in [0.3, 0.4) is 0 Å². The Hall–Kier alpha value is -2.49. The van der Waals surface area contributed by atoms with E-state index in [4.69, 9.17) is 14.2 Å². The molecule has 0 saturated heterocycles. The first kappa shape index (κ1) is 13.0. The molecule has 2 rings (SSSR count). The highest BCUT2D eigenvalue weighted by Gasteiger charge is 2.00. The zero-order valence-corrected chi connectivity index (χ0v) is 10.8. The molecule has 0 aliphatic rings. The summed E-state index contributed by atoms with van der Waals surface area (Å²) >= 11 is 0. The van der Waals surface area contributed by atoms with E-state index in [1.165, 1.54) is 13.2 Å². The van der Waals surface area contributed by atoms with Crippen molar-refractivity contribution in [3.05, 3.63) is 58.8 Å². The molecule has 4 heteroatoms. The summed E-state index contributed by atoms with van der Waals surface area (Å²) in [4.78, 5) is 11.5. The summed E-state index contributed by atoms with van der Waals surface area (Å²) in [5.41, 5.74) is -0.188. The average Bonchev–Trinajstić information content (AvgIpc) is 2.62. The van der Waals surface area contributed by atoms with E-state index in [-0.39, 0.29) is 11.2 Å². The van der Waals surface area contributed by atoms with Gasteiger partial charge in [-0.25, -0.2) is 0 Å². The van der Waals surface area contributed by atoms with Gasteiger partial charge in [0.1, 0.15) is 17.2 Å². The van der Waals surface area contributed by atoms with Crippen LogP contribution in [0, 0.1) is 0 Å². The number of ether oxygens (including phenoxy) is 3. The Morgan fingerprint density at radius 3 is 1.79 bits per heavy atom. The van der Waals surface area contributed by atoms with Crippen molar-refractivity contribution in [2.24, 2.45) is 0 Å². The van der Waals surface area contributed by atoms with Crippen LogP contribution in [0.2, 0.25) is 0 Å². The zero-order valence-electron chi connectivity index (χ0n) is 10.8. The van der Waals surface area contributed by atoms with Crippen molar-refractivity contribution >= 4 is 0 Å². The molecular formula is C15H14O4. The van der Waals surface area contributed by atoms with Gasteiger partial charge >= 0.3 is 0 Å². The maximum absolute atomic E-state index is 11.5. The molecule has 2 aromatic carbocycles. The topological polar surface area (TPSA) is 44.8 Å². The van der Waals surface area contributed by atoms with Gasteiger partial charge in [-0.1, -0.05) is 0 Å². The van der Waals surface area contributed by atoms with Crippen molar-refractivity contribution in [1.29, 1.82) is 0 Å². The molecule has 0 N–H and O–H groups in total. The Balaban J connectivity index is 2.23. The molecule has 0 amide bonds. The highest BCUT2D eigenvalue weighted by molar-refractivity contribution is 5.36. The van der Waals surface area contributed by atoms with Gasteiger partial charge in [-0.15, -0.1) is 0 Å². The Kier molecular flexibility index (Phi) is 4.03. The van der Waals surface area contributed by atoms with Gasteiger partial charge in [-0.05, 0) is 48.5 Å². The van der Waals surface area contributed by atoms with Crippen LogP contribution in [0.15, 0.2) is 53.3 Å². The standard InChI is InChI=1S/C15H14O4/c1-17-11-3-5-12(6-4-11)19-13-7-9-14(16)15(18-2)10-8-13/h3-10H,1-2H3. The third-order valence-electron chi connectivity index (χ3n) is 2.56. The Morgan fingerprint density at radius 2 is 1.21 bits per heavy atom. The summed E-state index contributed by atoms with van der Waals surface area (Å²) in [6.07, 6.45) is 0. The lowest BCUT2D eigenvalue weighted by Crippen LogP contribution is -1.98. The first-order valence-electron chi connectivity index (χ1n) is 5.73. The van der Waals surface area contributed by atoms with Crippen LogP contribution in [-0.2, 0) is 0 Å². The third kappa shape index (κ3) is 3.25. The molecule has 0 radical (unpaired) electrons. The van der Waals surface area contributed by atoms with Crippen LogP contribution in [0.5, 0.6) is 23.0 Å². The molecule has 0 spiro atoms.